The molecule has 136 valence electrons. The fourth-order valence-electron chi connectivity index (χ4n) is 2.94. The van der Waals surface area contributed by atoms with E-state index < -0.39 is 0 Å². The van der Waals surface area contributed by atoms with Gasteiger partial charge in [-0.15, -0.1) is 0 Å². The molecule has 0 bridgehead atoms. The predicted molar refractivity (Wildman–Crippen MR) is 109 cm³/mol. The molecular formula is C21H20N4OS. The summed E-state index contributed by atoms with van der Waals surface area (Å²) < 4.78 is 2.72. The molecule has 0 saturated heterocycles. The first-order valence-electron chi connectivity index (χ1n) is 8.74. The molecule has 0 radical (unpaired) electrons. The Morgan fingerprint density at radius 2 is 1.85 bits per heavy atom. The first-order valence-corrected chi connectivity index (χ1v) is 9.56. The fourth-order valence-corrected chi connectivity index (χ4v) is 3.99. The largest absolute Gasteiger partial charge is 0.280 e. The van der Waals surface area contributed by atoms with Crippen molar-refractivity contribution < 1.29 is 4.79 Å². The van der Waals surface area contributed by atoms with Crippen molar-refractivity contribution in [2.45, 2.75) is 20.4 Å². The standard InChI is InChI=1S/C21H20N4OS/c1-14-11-18-19(12-15(14)2)27-21(22-18)25(13-16-7-5-4-6-8-16)20(26)17-9-10-24(3)23-17/h4-12H,13H2,1-3H3. The number of carbonyl (C=O) groups excluding carboxylic acids is 1. The van der Waals surface area contributed by atoms with Crippen LogP contribution in [0.4, 0.5) is 5.13 Å². The molecule has 1 amide bonds. The van der Waals surface area contributed by atoms with Crippen molar-refractivity contribution >= 4 is 32.6 Å². The van der Waals surface area contributed by atoms with Gasteiger partial charge in [0.25, 0.3) is 5.91 Å². The number of amides is 1. The summed E-state index contributed by atoms with van der Waals surface area (Å²) in [5.74, 6) is -0.146. The number of fused-ring (bicyclic) bond motifs is 1. The molecule has 2 aromatic heterocycles. The number of nitrogens with zero attached hydrogens (tertiary/aromatic N) is 4. The van der Waals surface area contributed by atoms with Crippen LogP contribution in [0.3, 0.4) is 0 Å². The summed E-state index contributed by atoms with van der Waals surface area (Å²) in [6, 6.07) is 15.9. The van der Waals surface area contributed by atoms with Crippen LogP contribution in [-0.2, 0) is 13.6 Å². The third-order valence-corrected chi connectivity index (χ3v) is 5.63. The van der Waals surface area contributed by atoms with Crippen LogP contribution in [0.1, 0.15) is 27.2 Å². The second-order valence-electron chi connectivity index (χ2n) is 6.65. The lowest BCUT2D eigenvalue weighted by atomic mass is 10.1. The van der Waals surface area contributed by atoms with Gasteiger partial charge >= 0.3 is 0 Å². The summed E-state index contributed by atoms with van der Waals surface area (Å²) in [6.45, 7) is 4.62. The van der Waals surface area contributed by atoms with E-state index in [-0.39, 0.29) is 5.91 Å². The molecule has 6 heteroatoms. The van der Waals surface area contributed by atoms with Gasteiger partial charge in [-0.1, -0.05) is 41.7 Å². The molecular weight excluding hydrogens is 356 g/mol. The fraction of sp³-hybridized carbons (Fsp3) is 0.190. The van der Waals surface area contributed by atoms with Gasteiger partial charge in [0.1, 0.15) is 0 Å². The molecule has 4 rings (SSSR count). The first-order chi connectivity index (χ1) is 13.0. The summed E-state index contributed by atoms with van der Waals surface area (Å²) in [5, 5.41) is 4.97. The van der Waals surface area contributed by atoms with Crippen LogP contribution < -0.4 is 4.90 Å². The Balaban J connectivity index is 1.78. The van der Waals surface area contributed by atoms with E-state index in [4.69, 9.17) is 4.98 Å². The van der Waals surface area contributed by atoms with E-state index in [1.165, 1.54) is 22.5 Å². The Morgan fingerprint density at radius 1 is 1.11 bits per heavy atom. The van der Waals surface area contributed by atoms with Crippen LogP contribution in [0, 0.1) is 13.8 Å². The smallest absolute Gasteiger partial charge is 0.278 e. The summed E-state index contributed by atoms with van der Waals surface area (Å²) in [4.78, 5) is 19.7. The molecule has 2 aromatic carbocycles. The zero-order chi connectivity index (χ0) is 19.0. The molecule has 0 spiro atoms. The molecule has 0 fully saturated rings. The summed E-state index contributed by atoms with van der Waals surface area (Å²) >= 11 is 1.54. The van der Waals surface area contributed by atoms with E-state index in [9.17, 15) is 4.79 Å². The minimum absolute atomic E-state index is 0.146. The number of benzene rings is 2. The highest BCUT2D eigenvalue weighted by Crippen LogP contribution is 2.32. The van der Waals surface area contributed by atoms with Crippen molar-refractivity contribution in [3.63, 3.8) is 0 Å². The number of rotatable bonds is 4. The zero-order valence-electron chi connectivity index (χ0n) is 15.5. The van der Waals surface area contributed by atoms with E-state index in [2.05, 4.69) is 31.1 Å². The highest BCUT2D eigenvalue weighted by atomic mass is 32.1. The summed E-state index contributed by atoms with van der Waals surface area (Å²) in [5.41, 5.74) is 4.81. The number of aryl methyl sites for hydroxylation is 3. The highest BCUT2D eigenvalue weighted by molar-refractivity contribution is 7.22. The topological polar surface area (TPSA) is 51.0 Å². The van der Waals surface area contributed by atoms with Gasteiger partial charge in [0.05, 0.1) is 16.8 Å². The molecule has 5 nitrogen and oxygen atoms in total. The minimum atomic E-state index is -0.146. The maximum Gasteiger partial charge on any atom is 0.280 e. The van der Waals surface area contributed by atoms with Crippen molar-refractivity contribution in [3.8, 4) is 0 Å². The monoisotopic (exact) mass is 376 g/mol. The third-order valence-electron chi connectivity index (χ3n) is 4.58. The van der Waals surface area contributed by atoms with E-state index in [0.29, 0.717) is 17.4 Å². The molecule has 0 saturated carbocycles. The molecule has 4 aromatic rings. The molecule has 0 unspecified atom stereocenters. The number of thiazole rings is 1. The molecule has 0 aliphatic rings. The van der Waals surface area contributed by atoms with Crippen LogP contribution in [0.2, 0.25) is 0 Å². The molecule has 0 N–H and O–H groups in total. The van der Waals surface area contributed by atoms with Gasteiger partial charge in [-0.3, -0.25) is 14.4 Å². The number of hydrogen-bond acceptors (Lipinski definition) is 4. The average Bonchev–Trinajstić information content (AvgIpc) is 3.26. The van der Waals surface area contributed by atoms with E-state index >= 15 is 0 Å². The number of anilines is 1. The summed E-state index contributed by atoms with van der Waals surface area (Å²) in [7, 11) is 1.81. The average molecular weight is 376 g/mol. The Labute approximate surface area is 161 Å². The van der Waals surface area contributed by atoms with Gasteiger partial charge in [0, 0.05) is 13.2 Å². The molecule has 27 heavy (non-hydrogen) atoms. The van der Waals surface area contributed by atoms with Gasteiger partial charge in [0.2, 0.25) is 0 Å². The predicted octanol–water partition coefficient (Wildman–Crippen LogP) is 4.49. The van der Waals surface area contributed by atoms with Gasteiger partial charge in [0.15, 0.2) is 10.8 Å². The van der Waals surface area contributed by atoms with Crippen LogP contribution in [0.25, 0.3) is 10.2 Å². The van der Waals surface area contributed by atoms with Crippen molar-refractivity contribution in [2.75, 3.05) is 4.90 Å². The van der Waals surface area contributed by atoms with E-state index in [0.717, 1.165) is 15.8 Å². The van der Waals surface area contributed by atoms with Crippen LogP contribution in [0.5, 0.6) is 0 Å². The van der Waals surface area contributed by atoms with Gasteiger partial charge in [-0.05, 0) is 48.7 Å². The van der Waals surface area contributed by atoms with Crippen molar-refractivity contribution in [2.24, 2.45) is 7.05 Å². The maximum absolute atomic E-state index is 13.2. The summed E-state index contributed by atoms with van der Waals surface area (Å²) in [6.07, 6.45) is 1.78. The van der Waals surface area contributed by atoms with Crippen molar-refractivity contribution in [1.82, 2.24) is 14.8 Å². The molecule has 0 aliphatic carbocycles. The Kier molecular flexibility index (Phi) is 4.49. The number of hydrogen-bond donors (Lipinski definition) is 0. The van der Waals surface area contributed by atoms with Crippen molar-refractivity contribution in [3.05, 3.63) is 77.1 Å². The lowest BCUT2D eigenvalue weighted by Crippen LogP contribution is -2.30. The lowest BCUT2D eigenvalue weighted by Gasteiger charge is -2.19. The number of aromatic nitrogens is 3. The lowest BCUT2D eigenvalue weighted by molar-refractivity contribution is 0.0979. The Hall–Kier alpha value is -2.99. The van der Waals surface area contributed by atoms with Gasteiger partial charge in [-0.25, -0.2) is 4.98 Å². The number of carbonyl (C=O) groups is 1. The maximum atomic E-state index is 13.2. The van der Waals surface area contributed by atoms with Gasteiger partial charge in [-0.2, -0.15) is 5.10 Å². The molecule has 0 atom stereocenters. The normalized spacial score (nSPS) is 11.1. The zero-order valence-corrected chi connectivity index (χ0v) is 16.3. The molecule has 0 aliphatic heterocycles. The Bertz CT molecular complexity index is 1070. The minimum Gasteiger partial charge on any atom is -0.278 e. The SMILES string of the molecule is Cc1cc2nc(N(Cc3ccccc3)C(=O)c3ccn(C)n3)sc2cc1C. The van der Waals surface area contributed by atoms with E-state index in [1.807, 2.05) is 37.4 Å². The van der Waals surface area contributed by atoms with Crippen LogP contribution in [-0.4, -0.2) is 20.7 Å². The third kappa shape index (κ3) is 3.48. The first kappa shape index (κ1) is 17.4. The second kappa shape index (κ2) is 6.96. The van der Waals surface area contributed by atoms with Gasteiger partial charge < -0.3 is 0 Å². The quantitative estimate of drug-likeness (QED) is 0.527. The van der Waals surface area contributed by atoms with Crippen LogP contribution >= 0.6 is 11.3 Å². The Morgan fingerprint density at radius 3 is 2.56 bits per heavy atom. The highest BCUT2D eigenvalue weighted by Gasteiger charge is 2.23. The van der Waals surface area contributed by atoms with Crippen molar-refractivity contribution in [1.29, 1.82) is 0 Å². The van der Waals surface area contributed by atoms with E-state index in [1.54, 1.807) is 21.8 Å². The van der Waals surface area contributed by atoms with Crippen LogP contribution in [0.15, 0.2) is 54.7 Å². The molecule has 2 heterocycles. The second-order valence-corrected chi connectivity index (χ2v) is 7.66.